The van der Waals surface area contributed by atoms with E-state index in [4.69, 9.17) is 15.2 Å². The Morgan fingerprint density at radius 3 is 2.61 bits per heavy atom. The van der Waals surface area contributed by atoms with Crippen molar-refractivity contribution in [3.05, 3.63) is 18.2 Å². The Bertz CT molecular complexity index is 354. The van der Waals surface area contributed by atoms with E-state index >= 15 is 0 Å². The highest BCUT2D eigenvalue weighted by molar-refractivity contribution is 5.55. The van der Waals surface area contributed by atoms with Crippen LogP contribution in [0.2, 0.25) is 0 Å². The van der Waals surface area contributed by atoms with Gasteiger partial charge in [-0.25, -0.2) is 0 Å². The minimum atomic E-state index is 0.657. The molecule has 0 radical (unpaired) electrons. The van der Waals surface area contributed by atoms with Gasteiger partial charge in [-0.15, -0.1) is 0 Å². The summed E-state index contributed by atoms with van der Waals surface area (Å²) in [6.45, 7) is 4.47. The normalized spacial score (nSPS) is 10.7. The van der Waals surface area contributed by atoms with E-state index < -0.39 is 0 Å². The van der Waals surface area contributed by atoms with Crippen LogP contribution in [0.1, 0.15) is 19.8 Å². The van der Waals surface area contributed by atoms with Crippen molar-refractivity contribution in [1.82, 2.24) is 4.90 Å². The van der Waals surface area contributed by atoms with Crippen molar-refractivity contribution in [2.24, 2.45) is 0 Å². The van der Waals surface area contributed by atoms with Crippen molar-refractivity contribution in [3.63, 3.8) is 0 Å². The molecule has 0 unspecified atom stereocenters. The first-order valence-electron chi connectivity index (χ1n) is 6.43. The Morgan fingerprint density at radius 1 is 1.17 bits per heavy atom. The number of anilines is 1. The zero-order chi connectivity index (χ0) is 13.4. The summed E-state index contributed by atoms with van der Waals surface area (Å²) in [5, 5.41) is 0. The molecule has 0 spiro atoms. The molecular weight excluding hydrogens is 228 g/mol. The summed E-state index contributed by atoms with van der Waals surface area (Å²) < 4.78 is 11.2. The number of nitrogen functional groups attached to an aromatic ring is 1. The minimum absolute atomic E-state index is 0.657. The van der Waals surface area contributed by atoms with Crippen molar-refractivity contribution in [2.75, 3.05) is 39.6 Å². The van der Waals surface area contributed by atoms with Gasteiger partial charge in [-0.3, -0.25) is 0 Å². The molecule has 2 N–H and O–H groups in total. The third kappa shape index (κ3) is 5.27. The lowest BCUT2D eigenvalue weighted by molar-refractivity contribution is 0.277. The molecule has 0 heterocycles. The van der Waals surface area contributed by atoms with Crippen LogP contribution >= 0.6 is 0 Å². The van der Waals surface area contributed by atoms with Crippen LogP contribution in [0.5, 0.6) is 11.5 Å². The minimum Gasteiger partial charge on any atom is -0.493 e. The predicted molar refractivity (Wildman–Crippen MR) is 75.3 cm³/mol. The van der Waals surface area contributed by atoms with E-state index in [1.165, 1.54) is 0 Å². The molecule has 0 aliphatic heterocycles. The molecule has 18 heavy (non-hydrogen) atoms. The monoisotopic (exact) mass is 252 g/mol. The Labute approximate surface area is 110 Å². The van der Waals surface area contributed by atoms with E-state index in [0.29, 0.717) is 24.7 Å². The van der Waals surface area contributed by atoms with E-state index in [0.717, 1.165) is 25.1 Å². The first-order chi connectivity index (χ1) is 8.63. The number of hydrogen-bond acceptors (Lipinski definition) is 4. The maximum absolute atomic E-state index is 5.84. The zero-order valence-corrected chi connectivity index (χ0v) is 11.6. The van der Waals surface area contributed by atoms with Crippen LogP contribution in [0.15, 0.2) is 18.2 Å². The van der Waals surface area contributed by atoms with Gasteiger partial charge in [0.15, 0.2) is 0 Å². The number of benzene rings is 1. The highest BCUT2D eigenvalue weighted by Crippen LogP contribution is 2.27. The quantitative estimate of drug-likeness (QED) is 0.570. The maximum atomic E-state index is 5.84. The first-order valence-corrected chi connectivity index (χ1v) is 6.43. The Balaban J connectivity index is 2.45. The molecule has 0 bridgehead atoms. The third-order valence-corrected chi connectivity index (χ3v) is 2.47. The van der Waals surface area contributed by atoms with Crippen molar-refractivity contribution in [1.29, 1.82) is 0 Å². The molecule has 0 amide bonds. The molecule has 0 aromatic heterocycles. The molecule has 1 rings (SSSR count). The predicted octanol–water partition coefficient (Wildman–Crippen LogP) is 2.39. The number of ether oxygens (including phenoxy) is 2. The van der Waals surface area contributed by atoms with Gasteiger partial charge in [0.25, 0.3) is 0 Å². The fourth-order valence-corrected chi connectivity index (χ4v) is 1.51. The van der Waals surface area contributed by atoms with Crippen LogP contribution in [0.25, 0.3) is 0 Å². The van der Waals surface area contributed by atoms with Crippen LogP contribution in [-0.4, -0.2) is 38.8 Å². The lowest BCUT2D eigenvalue weighted by Crippen LogP contribution is -2.15. The van der Waals surface area contributed by atoms with Crippen molar-refractivity contribution < 1.29 is 9.47 Å². The lowest BCUT2D eigenvalue weighted by Gasteiger charge is -2.12. The second kappa shape index (κ2) is 7.82. The summed E-state index contributed by atoms with van der Waals surface area (Å²) >= 11 is 0. The molecule has 0 saturated heterocycles. The fraction of sp³-hybridized carbons (Fsp3) is 0.571. The molecule has 0 fully saturated rings. The SMILES string of the molecule is CCCOc1cc(OCCCN(C)C)ccc1N. The lowest BCUT2D eigenvalue weighted by atomic mass is 10.3. The zero-order valence-electron chi connectivity index (χ0n) is 11.6. The van der Waals surface area contributed by atoms with E-state index in [2.05, 4.69) is 25.9 Å². The van der Waals surface area contributed by atoms with Crippen LogP contribution in [0, 0.1) is 0 Å². The van der Waals surface area contributed by atoms with Gasteiger partial charge in [0.2, 0.25) is 0 Å². The second-order valence-electron chi connectivity index (χ2n) is 4.55. The van der Waals surface area contributed by atoms with Crippen molar-refractivity contribution in [2.45, 2.75) is 19.8 Å². The highest BCUT2D eigenvalue weighted by Gasteiger charge is 2.03. The molecule has 1 aromatic rings. The molecule has 0 saturated carbocycles. The average molecular weight is 252 g/mol. The smallest absolute Gasteiger partial charge is 0.145 e. The molecular formula is C14H24N2O2. The van der Waals surface area contributed by atoms with Crippen LogP contribution in [0.3, 0.4) is 0 Å². The number of nitrogens with zero attached hydrogens (tertiary/aromatic N) is 1. The van der Waals surface area contributed by atoms with Gasteiger partial charge >= 0.3 is 0 Å². The largest absolute Gasteiger partial charge is 0.493 e. The van der Waals surface area contributed by atoms with Gasteiger partial charge in [0.1, 0.15) is 11.5 Å². The molecule has 102 valence electrons. The van der Waals surface area contributed by atoms with E-state index in [1.807, 2.05) is 18.2 Å². The van der Waals surface area contributed by atoms with E-state index in [1.54, 1.807) is 0 Å². The summed E-state index contributed by atoms with van der Waals surface area (Å²) in [7, 11) is 4.11. The molecule has 0 aliphatic rings. The maximum Gasteiger partial charge on any atom is 0.145 e. The molecule has 4 nitrogen and oxygen atoms in total. The molecule has 4 heteroatoms. The van der Waals surface area contributed by atoms with E-state index in [9.17, 15) is 0 Å². The van der Waals surface area contributed by atoms with Crippen LogP contribution in [-0.2, 0) is 0 Å². The fourth-order valence-electron chi connectivity index (χ4n) is 1.51. The number of hydrogen-bond donors (Lipinski definition) is 1. The third-order valence-electron chi connectivity index (χ3n) is 2.47. The Morgan fingerprint density at radius 2 is 1.94 bits per heavy atom. The summed E-state index contributed by atoms with van der Waals surface area (Å²) in [4.78, 5) is 2.14. The van der Waals surface area contributed by atoms with Crippen LogP contribution < -0.4 is 15.2 Å². The van der Waals surface area contributed by atoms with Gasteiger partial charge in [-0.05, 0) is 39.1 Å². The van der Waals surface area contributed by atoms with Gasteiger partial charge in [-0.1, -0.05) is 6.92 Å². The van der Waals surface area contributed by atoms with E-state index in [-0.39, 0.29) is 0 Å². The van der Waals surface area contributed by atoms with Gasteiger partial charge in [-0.2, -0.15) is 0 Å². The summed E-state index contributed by atoms with van der Waals surface area (Å²) in [5.74, 6) is 1.52. The van der Waals surface area contributed by atoms with Gasteiger partial charge < -0.3 is 20.1 Å². The van der Waals surface area contributed by atoms with Crippen molar-refractivity contribution >= 4 is 5.69 Å². The summed E-state index contributed by atoms with van der Waals surface area (Å²) in [6.07, 6.45) is 1.97. The standard InChI is InChI=1S/C14H24N2O2/c1-4-9-18-14-11-12(6-7-13(14)15)17-10-5-8-16(2)3/h6-7,11H,4-5,8-10,15H2,1-3H3. The highest BCUT2D eigenvalue weighted by atomic mass is 16.5. The van der Waals surface area contributed by atoms with Gasteiger partial charge in [0.05, 0.1) is 18.9 Å². The van der Waals surface area contributed by atoms with Gasteiger partial charge in [0, 0.05) is 12.6 Å². The average Bonchev–Trinajstić information content (AvgIpc) is 2.34. The van der Waals surface area contributed by atoms with Crippen molar-refractivity contribution in [3.8, 4) is 11.5 Å². The molecule has 0 atom stereocenters. The van der Waals surface area contributed by atoms with Crippen LogP contribution in [0.4, 0.5) is 5.69 Å². The summed E-state index contributed by atoms with van der Waals surface area (Å²) in [5.41, 5.74) is 6.49. The number of rotatable bonds is 8. The molecule has 1 aromatic carbocycles. The Hall–Kier alpha value is -1.42. The molecule has 0 aliphatic carbocycles. The second-order valence-corrected chi connectivity index (χ2v) is 4.55. The summed E-state index contributed by atoms with van der Waals surface area (Å²) in [6, 6.07) is 5.57. The Kier molecular flexibility index (Phi) is 6.36. The number of nitrogens with two attached hydrogens (primary N) is 1. The topological polar surface area (TPSA) is 47.7 Å². The first kappa shape index (κ1) is 14.6.